The van der Waals surface area contributed by atoms with Crippen molar-refractivity contribution in [1.29, 1.82) is 0 Å². The Balaban J connectivity index is 1.69. The lowest BCUT2D eigenvalue weighted by atomic mass is 10.1. The number of aryl methyl sites for hydroxylation is 1. The van der Waals surface area contributed by atoms with Crippen molar-refractivity contribution in [1.82, 2.24) is 5.32 Å². The van der Waals surface area contributed by atoms with E-state index in [1.807, 2.05) is 11.3 Å². The second-order valence-corrected chi connectivity index (χ2v) is 6.31. The second-order valence-electron chi connectivity index (χ2n) is 5.11. The van der Waals surface area contributed by atoms with Crippen LogP contribution in [-0.2, 0) is 11.2 Å². The van der Waals surface area contributed by atoms with Crippen molar-refractivity contribution >= 4 is 11.3 Å². The SMILES string of the molecule is CCc1ccc(C(C)NCCC2CCCCO2)s1. The van der Waals surface area contributed by atoms with Gasteiger partial charge in [0.25, 0.3) is 0 Å². The Hall–Kier alpha value is -0.380. The van der Waals surface area contributed by atoms with Gasteiger partial charge in [0.1, 0.15) is 0 Å². The molecule has 1 aliphatic heterocycles. The Morgan fingerprint density at radius 3 is 3.00 bits per heavy atom. The zero-order chi connectivity index (χ0) is 12.8. The molecule has 0 amide bonds. The normalized spacial score (nSPS) is 22.0. The first kappa shape index (κ1) is 14.0. The molecule has 0 radical (unpaired) electrons. The molecule has 2 nitrogen and oxygen atoms in total. The first-order valence-electron chi connectivity index (χ1n) is 7.23. The van der Waals surface area contributed by atoms with Gasteiger partial charge in [0, 0.05) is 22.4 Å². The smallest absolute Gasteiger partial charge is 0.0587 e. The maximum atomic E-state index is 5.75. The van der Waals surface area contributed by atoms with Crippen LogP contribution in [0.5, 0.6) is 0 Å². The van der Waals surface area contributed by atoms with Crippen LogP contribution in [0.1, 0.15) is 55.3 Å². The highest BCUT2D eigenvalue weighted by Crippen LogP contribution is 2.23. The van der Waals surface area contributed by atoms with E-state index in [4.69, 9.17) is 4.74 Å². The number of thiophene rings is 1. The zero-order valence-corrected chi connectivity index (χ0v) is 12.4. The van der Waals surface area contributed by atoms with Crippen molar-refractivity contribution in [2.45, 2.75) is 58.1 Å². The summed E-state index contributed by atoms with van der Waals surface area (Å²) in [5.41, 5.74) is 0. The lowest BCUT2D eigenvalue weighted by Gasteiger charge is -2.23. The van der Waals surface area contributed by atoms with Gasteiger partial charge in [0.2, 0.25) is 0 Å². The second kappa shape index (κ2) is 7.27. The van der Waals surface area contributed by atoms with Gasteiger partial charge < -0.3 is 10.1 Å². The van der Waals surface area contributed by atoms with Crippen molar-refractivity contribution in [3.05, 3.63) is 21.9 Å². The van der Waals surface area contributed by atoms with E-state index in [1.54, 1.807) is 0 Å². The lowest BCUT2D eigenvalue weighted by Crippen LogP contribution is -2.26. The van der Waals surface area contributed by atoms with Gasteiger partial charge in [-0.25, -0.2) is 0 Å². The molecule has 0 aliphatic carbocycles. The highest BCUT2D eigenvalue weighted by Gasteiger charge is 2.14. The van der Waals surface area contributed by atoms with Gasteiger partial charge >= 0.3 is 0 Å². The quantitative estimate of drug-likeness (QED) is 0.843. The summed E-state index contributed by atoms with van der Waals surface area (Å²) in [6.45, 7) is 6.50. The van der Waals surface area contributed by atoms with E-state index in [0.29, 0.717) is 12.1 Å². The third-order valence-corrected chi connectivity index (χ3v) is 5.06. The molecule has 0 saturated carbocycles. The first-order valence-corrected chi connectivity index (χ1v) is 8.05. The molecule has 1 aromatic rings. The van der Waals surface area contributed by atoms with Crippen molar-refractivity contribution in [3.8, 4) is 0 Å². The summed E-state index contributed by atoms with van der Waals surface area (Å²) in [5.74, 6) is 0. The average Bonchev–Trinajstić information content (AvgIpc) is 2.89. The standard InChI is InChI=1S/C15H25NOS/c1-3-14-7-8-15(18-14)12(2)16-10-9-13-6-4-5-11-17-13/h7-8,12-13,16H,3-6,9-11H2,1-2H3. The van der Waals surface area contributed by atoms with E-state index in [-0.39, 0.29) is 0 Å². The summed E-state index contributed by atoms with van der Waals surface area (Å²) in [4.78, 5) is 2.94. The minimum absolute atomic E-state index is 0.471. The van der Waals surface area contributed by atoms with Crippen LogP contribution in [0.25, 0.3) is 0 Å². The molecule has 0 bridgehead atoms. The maximum absolute atomic E-state index is 5.75. The van der Waals surface area contributed by atoms with E-state index in [0.717, 1.165) is 26.0 Å². The van der Waals surface area contributed by atoms with E-state index >= 15 is 0 Å². The fourth-order valence-electron chi connectivity index (χ4n) is 2.41. The maximum Gasteiger partial charge on any atom is 0.0587 e. The molecular weight excluding hydrogens is 242 g/mol. The van der Waals surface area contributed by atoms with Gasteiger partial charge in [-0.05, 0) is 57.7 Å². The van der Waals surface area contributed by atoms with Crippen LogP contribution in [0.3, 0.4) is 0 Å². The summed E-state index contributed by atoms with van der Waals surface area (Å²) in [5, 5.41) is 3.61. The molecule has 2 atom stereocenters. The van der Waals surface area contributed by atoms with Crippen LogP contribution in [-0.4, -0.2) is 19.3 Å². The van der Waals surface area contributed by atoms with E-state index in [1.165, 1.54) is 29.0 Å². The van der Waals surface area contributed by atoms with Gasteiger partial charge in [-0.2, -0.15) is 0 Å². The van der Waals surface area contributed by atoms with Crippen LogP contribution in [0.15, 0.2) is 12.1 Å². The molecule has 1 fully saturated rings. The summed E-state index contributed by atoms with van der Waals surface area (Å²) in [7, 11) is 0. The zero-order valence-electron chi connectivity index (χ0n) is 11.6. The highest BCUT2D eigenvalue weighted by molar-refractivity contribution is 7.12. The molecule has 18 heavy (non-hydrogen) atoms. The Labute approximate surface area is 115 Å². The van der Waals surface area contributed by atoms with Gasteiger partial charge in [-0.15, -0.1) is 11.3 Å². The first-order chi connectivity index (χ1) is 8.79. The van der Waals surface area contributed by atoms with E-state index < -0.39 is 0 Å². The van der Waals surface area contributed by atoms with Crippen LogP contribution in [0.4, 0.5) is 0 Å². The Bertz CT molecular complexity index is 344. The molecular formula is C15H25NOS. The predicted molar refractivity (Wildman–Crippen MR) is 78.3 cm³/mol. The molecule has 0 spiro atoms. The van der Waals surface area contributed by atoms with Gasteiger partial charge in [-0.1, -0.05) is 6.92 Å². The van der Waals surface area contributed by atoms with Crippen LogP contribution in [0.2, 0.25) is 0 Å². The number of ether oxygens (including phenoxy) is 1. The lowest BCUT2D eigenvalue weighted by molar-refractivity contribution is 0.0113. The predicted octanol–water partition coefficient (Wildman–Crippen LogP) is 3.92. The topological polar surface area (TPSA) is 21.3 Å². The molecule has 1 aliphatic rings. The van der Waals surface area contributed by atoms with Crippen LogP contribution in [0, 0.1) is 0 Å². The largest absolute Gasteiger partial charge is 0.378 e. The Kier molecular flexibility index (Phi) is 5.67. The molecule has 2 rings (SSSR count). The van der Waals surface area contributed by atoms with Crippen molar-refractivity contribution in [2.75, 3.05) is 13.2 Å². The monoisotopic (exact) mass is 267 g/mol. The van der Waals surface area contributed by atoms with Gasteiger partial charge in [0.15, 0.2) is 0 Å². The molecule has 3 heteroatoms. The Morgan fingerprint density at radius 2 is 2.33 bits per heavy atom. The van der Waals surface area contributed by atoms with Crippen LogP contribution >= 0.6 is 11.3 Å². The summed E-state index contributed by atoms with van der Waals surface area (Å²) >= 11 is 1.93. The molecule has 0 aromatic carbocycles. The number of nitrogens with one attached hydrogen (secondary N) is 1. The molecule has 1 N–H and O–H groups in total. The molecule has 1 saturated heterocycles. The molecule has 102 valence electrons. The summed E-state index contributed by atoms with van der Waals surface area (Å²) < 4.78 is 5.75. The van der Waals surface area contributed by atoms with E-state index in [2.05, 4.69) is 31.3 Å². The van der Waals surface area contributed by atoms with Crippen molar-refractivity contribution in [2.24, 2.45) is 0 Å². The molecule has 2 heterocycles. The summed E-state index contributed by atoms with van der Waals surface area (Å²) in [6.07, 6.45) is 6.62. The van der Waals surface area contributed by atoms with Crippen molar-refractivity contribution in [3.63, 3.8) is 0 Å². The van der Waals surface area contributed by atoms with Gasteiger partial charge in [0.05, 0.1) is 6.10 Å². The summed E-state index contributed by atoms with van der Waals surface area (Å²) in [6, 6.07) is 4.99. The molecule has 1 aromatic heterocycles. The van der Waals surface area contributed by atoms with Crippen molar-refractivity contribution < 1.29 is 4.74 Å². The molecule has 2 unspecified atom stereocenters. The average molecular weight is 267 g/mol. The minimum atomic E-state index is 0.471. The fraction of sp³-hybridized carbons (Fsp3) is 0.733. The number of hydrogen-bond donors (Lipinski definition) is 1. The van der Waals surface area contributed by atoms with E-state index in [9.17, 15) is 0 Å². The number of hydrogen-bond acceptors (Lipinski definition) is 3. The fourth-order valence-corrected chi connectivity index (χ4v) is 3.39. The van der Waals surface area contributed by atoms with Gasteiger partial charge in [-0.3, -0.25) is 0 Å². The third-order valence-electron chi connectivity index (χ3n) is 3.65. The van der Waals surface area contributed by atoms with Crippen LogP contribution < -0.4 is 5.32 Å². The third kappa shape index (κ3) is 4.08. The highest BCUT2D eigenvalue weighted by atomic mass is 32.1. The minimum Gasteiger partial charge on any atom is -0.378 e. The Morgan fingerprint density at radius 1 is 1.44 bits per heavy atom. The number of rotatable bonds is 6.